The van der Waals surface area contributed by atoms with Gasteiger partial charge in [-0.2, -0.15) is 5.26 Å². The summed E-state index contributed by atoms with van der Waals surface area (Å²) < 4.78 is 18.9. The number of hydrogen-bond acceptors (Lipinski definition) is 3. The lowest BCUT2D eigenvalue weighted by atomic mass is 9.90. The van der Waals surface area contributed by atoms with Gasteiger partial charge < -0.3 is 10.5 Å². The standard InChI is InChI=1S/C10H11FN2O2/c1-2-15-8-4-3-7(9(13)14)5-10(8,11)6-12/h3-4H,2,5H2,1H3,(H2,13,14). The van der Waals surface area contributed by atoms with E-state index in [1.165, 1.54) is 18.2 Å². The molecule has 1 aliphatic carbocycles. The molecule has 0 spiro atoms. The summed E-state index contributed by atoms with van der Waals surface area (Å²) >= 11 is 0. The Hall–Kier alpha value is -1.83. The van der Waals surface area contributed by atoms with Gasteiger partial charge in [0.25, 0.3) is 5.67 Å². The van der Waals surface area contributed by atoms with Crippen LogP contribution in [0.15, 0.2) is 23.5 Å². The number of ether oxygens (including phenoxy) is 1. The molecule has 0 bridgehead atoms. The molecule has 1 unspecified atom stereocenters. The Bertz CT molecular complexity index is 381. The molecule has 0 saturated carbocycles. The fourth-order valence-corrected chi connectivity index (χ4v) is 1.30. The molecule has 0 fully saturated rings. The van der Waals surface area contributed by atoms with Crippen LogP contribution in [0.4, 0.5) is 4.39 Å². The molecule has 0 saturated heterocycles. The molecule has 80 valence electrons. The predicted molar refractivity (Wildman–Crippen MR) is 51.1 cm³/mol. The molecule has 2 N–H and O–H groups in total. The fourth-order valence-electron chi connectivity index (χ4n) is 1.30. The summed E-state index contributed by atoms with van der Waals surface area (Å²) in [6.45, 7) is 1.95. The predicted octanol–water partition coefficient (Wildman–Crippen LogP) is 0.954. The van der Waals surface area contributed by atoms with Crippen LogP contribution < -0.4 is 5.73 Å². The minimum atomic E-state index is -2.28. The van der Waals surface area contributed by atoms with Crippen LogP contribution in [-0.4, -0.2) is 18.2 Å². The van der Waals surface area contributed by atoms with Crippen LogP contribution in [0.2, 0.25) is 0 Å². The summed E-state index contributed by atoms with van der Waals surface area (Å²) in [4.78, 5) is 10.8. The molecule has 1 amide bonds. The zero-order valence-corrected chi connectivity index (χ0v) is 8.29. The van der Waals surface area contributed by atoms with Gasteiger partial charge in [0.15, 0.2) is 0 Å². The maximum atomic E-state index is 14.0. The van der Waals surface area contributed by atoms with E-state index in [4.69, 9.17) is 15.7 Å². The van der Waals surface area contributed by atoms with Crippen molar-refractivity contribution in [1.82, 2.24) is 0 Å². The molecule has 4 nitrogen and oxygen atoms in total. The normalized spacial score (nSPS) is 24.9. The average molecular weight is 210 g/mol. The van der Waals surface area contributed by atoms with Crippen LogP contribution >= 0.6 is 0 Å². The quantitative estimate of drug-likeness (QED) is 0.753. The number of nitriles is 1. The van der Waals surface area contributed by atoms with E-state index in [0.29, 0.717) is 0 Å². The lowest BCUT2D eigenvalue weighted by Gasteiger charge is -2.24. The second-order valence-electron chi connectivity index (χ2n) is 3.11. The second-order valence-corrected chi connectivity index (χ2v) is 3.11. The highest BCUT2D eigenvalue weighted by atomic mass is 19.1. The number of hydrogen-bond donors (Lipinski definition) is 1. The van der Waals surface area contributed by atoms with Gasteiger partial charge in [-0.1, -0.05) is 0 Å². The van der Waals surface area contributed by atoms with Crippen molar-refractivity contribution >= 4 is 5.91 Å². The number of halogens is 1. The van der Waals surface area contributed by atoms with Crippen molar-refractivity contribution in [2.45, 2.75) is 19.0 Å². The topological polar surface area (TPSA) is 76.1 Å². The number of allylic oxidation sites excluding steroid dienone is 3. The van der Waals surface area contributed by atoms with Crippen LogP contribution in [0.5, 0.6) is 0 Å². The Morgan fingerprint density at radius 1 is 1.80 bits per heavy atom. The first-order valence-electron chi connectivity index (χ1n) is 4.47. The number of carbonyl (C=O) groups excluding carboxylic acids is 1. The van der Waals surface area contributed by atoms with Crippen molar-refractivity contribution in [3.63, 3.8) is 0 Å². The Morgan fingerprint density at radius 2 is 2.47 bits per heavy atom. The van der Waals surface area contributed by atoms with Gasteiger partial charge in [0, 0.05) is 12.0 Å². The molecule has 0 aromatic rings. The van der Waals surface area contributed by atoms with Gasteiger partial charge in [-0.15, -0.1) is 0 Å². The van der Waals surface area contributed by atoms with E-state index < -0.39 is 11.6 Å². The molecule has 15 heavy (non-hydrogen) atoms. The Labute approximate surface area is 86.8 Å². The van der Waals surface area contributed by atoms with Crippen molar-refractivity contribution in [3.05, 3.63) is 23.5 Å². The van der Waals surface area contributed by atoms with E-state index >= 15 is 0 Å². The highest BCUT2D eigenvalue weighted by Crippen LogP contribution is 2.33. The van der Waals surface area contributed by atoms with Gasteiger partial charge in [0.1, 0.15) is 11.8 Å². The van der Waals surface area contributed by atoms with E-state index in [1.54, 1.807) is 6.92 Å². The molecule has 0 heterocycles. The lowest BCUT2D eigenvalue weighted by Crippen LogP contribution is -2.31. The van der Waals surface area contributed by atoms with E-state index in [1.807, 2.05) is 0 Å². The van der Waals surface area contributed by atoms with Gasteiger partial charge in [0.05, 0.1) is 6.61 Å². The SMILES string of the molecule is CCOC1=CC=C(C(N)=O)CC1(F)C#N. The summed E-state index contributed by atoms with van der Waals surface area (Å²) in [5.41, 5.74) is 2.81. The van der Waals surface area contributed by atoms with Gasteiger partial charge >= 0.3 is 0 Å². The molecule has 1 rings (SSSR count). The first kappa shape index (κ1) is 11.2. The van der Waals surface area contributed by atoms with Crippen LogP contribution in [0.3, 0.4) is 0 Å². The lowest BCUT2D eigenvalue weighted by molar-refractivity contribution is -0.115. The summed E-state index contributed by atoms with van der Waals surface area (Å²) in [5.74, 6) is -0.795. The third-order valence-electron chi connectivity index (χ3n) is 2.05. The Balaban J connectivity index is 3.04. The summed E-state index contributed by atoms with van der Waals surface area (Å²) in [6.07, 6.45) is 2.30. The fraction of sp³-hybridized carbons (Fsp3) is 0.400. The van der Waals surface area contributed by atoms with E-state index in [-0.39, 0.29) is 24.4 Å². The largest absolute Gasteiger partial charge is 0.494 e. The maximum absolute atomic E-state index is 14.0. The highest BCUT2D eigenvalue weighted by molar-refractivity contribution is 5.93. The highest BCUT2D eigenvalue weighted by Gasteiger charge is 2.40. The number of nitrogens with two attached hydrogens (primary N) is 1. The summed E-state index contributed by atoms with van der Waals surface area (Å²) in [5, 5.41) is 8.72. The van der Waals surface area contributed by atoms with Crippen LogP contribution in [0, 0.1) is 11.3 Å². The van der Waals surface area contributed by atoms with Crippen molar-refractivity contribution in [2.24, 2.45) is 5.73 Å². The third-order valence-corrected chi connectivity index (χ3v) is 2.05. The van der Waals surface area contributed by atoms with Gasteiger partial charge in [-0.25, -0.2) is 4.39 Å². The minimum Gasteiger partial charge on any atom is -0.494 e. The third kappa shape index (κ3) is 2.15. The van der Waals surface area contributed by atoms with E-state index in [2.05, 4.69) is 0 Å². The first-order chi connectivity index (χ1) is 7.03. The van der Waals surface area contributed by atoms with Gasteiger partial charge in [0.2, 0.25) is 5.91 Å². The number of nitrogens with zero attached hydrogens (tertiary/aromatic N) is 1. The monoisotopic (exact) mass is 210 g/mol. The number of carbonyl (C=O) groups is 1. The molecule has 0 radical (unpaired) electrons. The second kappa shape index (κ2) is 4.13. The van der Waals surface area contributed by atoms with Crippen molar-refractivity contribution in [2.75, 3.05) is 6.61 Å². The van der Waals surface area contributed by atoms with Crippen LogP contribution in [-0.2, 0) is 9.53 Å². The minimum absolute atomic E-state index is 0.0718. The number of amides is 1. The maximum Gasteiger partial charge on any atom is 0.256 e. The first-order valence-corrected chi connectivity index (χ1v) is 4.47. The van der Waals surface area contributed by atoms with Crippen molar-refractivity contribution in [3.8, 4) is 6.07 Å². The van der Waals surface area contributed by atoms with Gasteiger partial charge in [-0.05, 0) is 19.1 Å². The summed E-state index contributed by atoms with van der Waals surface area (Å²) in [7, 11) is 0. The van der Waals surface area contributed by atoms with Crippen LogP contribution in [0.1, 0.15) is 13.3 Å². The molecule has 0 aromatic heterocycles. The zero-order chi connectivity index (χ0) is 11.5. The number of alkyl halides is 1. The molecule has 1 atom stereocenters. The Kier molecular flexibility index (Phi) is 3.10. The molecule has 0 aromatic carbocycles. The van der Waals surface area contributed by atoms with Crippen molar-refractivity contribution in [1.29, 1.82) is 5.26 Å². The van der Waals surface area contributed by atoms with Crippen LogP contribution in [0.25, 0.3) is 0 Å². The molecular formula is C10H11FN2O2. The molecule has 0 aliphatic heterocycles. The van der Waals surface area contributed by atoms with Crippen molar-refractivity contribution < 1.29 is 13.9 Å². The van der Waals surface area contributed by atoms with Gasteiger partial charge in [-0.3, -0.25) is 4.79 Å². The van der Waals surface area contributed by atoms with E-state index in [9.17, 15) is 9.18 Å². The number of rotatable bonds is 3. The molecule has 5 heteroatoms. The summed E-state index contributed by atoms with van der Waals surface area (Å²) in [6, 6.07) is 1.49. The van der Waals surface area contributed by atoms with E-state index in [0.717, 1.165) is 0 Å². The molecular weight excluding hydrogens is 199 g/mol. The molecule has 1 aliphatic rings. The Morgan fingerprint density at radius 3 is 2.93 bits per heavy atom. The zero-order valence-electron chi connectivity index (χ0n) is 8.29. The average Bonchev–Trinajstić information content (AvgIpc) is 2.21. The number of primary amides is 1. The smallest absolute Gasteiger partial charge is 0.256 e.